The Balaban J connectivity index is 1.39. The molecule has 0 radical (unpaired) electrons. The second-order valence-corrected chi connectivity index (χ2v) is 10.2. The van der Waals surface area contributed by atoms with Gasteiger partial charge in [-0.3, -0.25) is 9.59 Å². The second kappa shape index (κ2) is 8.81. The molecule has 172 valence electrons. The van der Waals surface area contributed by atoms with Gasteiger partial charge in [0.05, 0.1) is 18.7 Å². The lowest BCUT2D eigenvalue weighted by molar-refractivity contribution is -0.127. The van der Waals surface area contributed by atoms with Gasteiger partial charge in [0.2, 0.25) is 5.91 Å². The van der Waals surface area contributed by atoms with Crippen LogP contribution in [0.1, 0.15) is 66.6 Å². The number of ether oxygens (including phenoxy) is 1. The zero-order chi connectivity index (χ0) is 23.0. The Morgan fingerprint density at radius 2 is 1.94 bits per heavy atom. The van der Waals surface area contributed by atoms with Crippen LogP contribution in [-0.2, 0) is 11.2 Å². The molecule has 1 unspecified atom stereocenters. The van der Waals surface area contributed by atoms with Crippen LogP contribution < -0.4 is 10.1 Å². The van der Waals surface area contributed by atoms with Gasteiger partial charge in [-0.1, -0.05) is 25.4 Å². The molecule has 1 N–H and O–H groups in total. The largest absolute Gasteiger partial charge is 0.496 e. The van der Waals surface area contributed by atoms with Gasteiger partial charge in [0.15, 0.2) is 0 Å². The van der Waals surface area contributed by atoms with Crippen molar-refractivity contribution in [1.29, 1.82) is 0 Å². The topological polar surface area (TPSA) is 71.8 Å². The molecule has 2 aliphatic rings. The number of amides is 2. The van der Waals surface area contributed by atoms with Crippen molar-refractivity contribution in [1.82, 2.24) is 10.2 Å². The molecule has 1 aromatic heterocycles. The highest BCUT2D eigenvalue weighted by molar-refractivity contribution is 6.31. The minimum atomic E-state index is -0.115. The number of furan rings is 1. The maximum Gasteiger partial charge on any atom is 0.257 e. The van der Waals surface area contributed by atoms with Gasteiger partial charge < -0.3 is 19.4 Å². The van der Waals surface area contributed by atoms with Crippen LogP contribution in [0.15, 0.2) is 28.7 Å². The maximum absolute atomic E-state index is 13.1. The van der Waals surface area contributed by atoms with E-state index >= 15 is 0 Å². The Morgan fingerprint density at radius 3 is 2.62 bits per heavy atom. The van der Waals surface area contributed by atoms with Crippen molar-refractivity contribution >= 4 is 23.4 Å². The number of hydrogen-bond acceptors (Lipinski definition) is 4. The number of aryl methyl sites for hydroxylation is 1. The normalized spacial score (nSPS) is 20.5. The molecule has 1 aliphatic carbocycles. The minimum absolute atomic E-state index is 0.0333. The number of methoxy groups -OCH3 is 1. The predicted octanol–water partition coefficient (Wildman–Crippen LogP) is 4.93. The third-order valence-corrected chi connectivity index (χ3v) is 6.83. The van der Waals surface area contributed by atoms with E-state index in [4.69, 9.17) is 20.8 Å². The molecule has 1 atom stereocenters. The third-order valence-electron chi connectivity index (χ3n) is 6.60. The summed E-state index contributed by atoms with van der Waals surface area (Å²) in [6, 6.07) is 7.06. The van der Waals surface area contributed by atoms with Crippen molar-refractivity contribution in [2.24, 2.45) is 11.3 Å². The Labute approximate surface area is 194 Å². The molecule has 4 rings (SSSR count). The molecule has 2 heterocycles. The summed E-state index contributed by atoms with van der Waals surface area (Å²) in [7, 11) is 1.54. The molecule has 7 heteroatoms. The van der Waals surface area contributed by atoms with Gasteiger partial charge >= 0.3 is 0 Å². The average molecular weight is 459 g/mol. The van der Waals surface area contributed by atoms with Crippen LogP contribution in [0.4, 0.5) is 0 Å². The van der Waals surface area contributed by atoms with E-state index in [-0.39, 0.29) is 29.2 Å². The maximum atomic E-state index is 13.1. The lowest BCUT2D eigenvalue weighted by Crippen LogP contribution is -2.44. The minimum Gasteiger partial charge on any atom is -0.496 e. The number of benzene rings is 1. The fraction of sp³-hybridized carbons (Fsp3) is 0.520. The average Bonchev–Trinajstić information content (AvgIpc) is 3.12. The second-order valence-electron chi connectivity index (χ2n) is 9.75. The monoisotopic (exact) mass is 458 g/mol. The summed E-state index contributed by atoms with van der Waals surface area (Å²) in [4.78, 5) is 27.9. The van der Waals surface area contributed by atoms with E-state index in [0.29, 0.717) is 42.3 Å². The van der Waals surface area contributed by atoms with Crippen LogP contribution in [0.3, 0.4) is 0 Å². The number of nitrogens with one attached hydrogen (secondary N) is 1. The van der Waals surface area contributed by atoms with Gasteiger partial charge in [0, 0.05) is 36.0 Å². The summed E-state index contributed by atoms with van der Waals surface area (Å²) in [5.41, 5.74) is 1.63. The summed E-state index contributed by atoms with van der Waals surface area (Å²) in [5, 5.41) is 3.77. The first kappa shape index (κ1) is 22.7. The summed E-state index contributed by atoms with van der Waals surface area (Å²) in [6.45, 7) is 7.42. The molecular weight excluding hydrogens is 428 g/mol. The number of carbonyl (C=O) groups is 2. The zero-order valence-corrected chi connectivity index (χ0v) is 19.9. The van der Waals surface area contributed by atoms with Crippen molar-refractivity contribution in [3.05, 3.63) is 51.9 Å². The number of rotatable bonds is 4. The van der Waals surface area contributed by atoms with Gasteiger partial charge in [-0.2, -0.15) is 0 Å². The van der Waals surface area contributed by atoms with Crippen LogP contribution in [0.2, 0.25) is 5.02 Å². The molecule has 0 bridgehead atoms. The number of likely N-dealkylation sites (tertiary alicyclic amines) is 1. The van der Waals surface area contributed by atoms with E-state index in [0.717, 1.165) is 29.9 Å². The Kier molecular flexibility index (Phi) is 6.26. The first-order chi connectivity index (χ1) is 15.2. The molecule has 0 spiro atoms. The number of carbonyl (C=O) groups excluding carboxylic acids is 2. The fourth-order valence-corrected chi connectivity index (χ4v) is 5.14. The van der Waals surface area contributed by atoms with Gasteiger partial charge in [0.25, 0.3) is 5.91 Å². The quantitative estimate of drug-likeness (QED) is 0.704. The molecule has 6 nitrogen and oxygen atoms in total. The Bertz CT molecular complexity index is 1020. The molecule has 1 saturated heterocycles. The molecule has 1 aliphatic heterocycles. The number of hydrogen-bond donors (Lipinski definition) is 1. The first-order valence-corrected chi connectivity index (χ1v) is 11.6. The highest BCUT2D eigenvalue weighted by Gasteiger charge is 2.37. The molecule has 32 heavy (non-hydrogen) atoms. The van der Waals surface area contributed by atoms with Crippen LogP contribution in [0, 0.1) is 18.3 Å². The van der Waals surface area contributed by atoms with E-state index < -0.39 is 0 Å². The number of piperidine rings is 1. The summed E-state index contributed by atoms with van der Waals surface area (Å²) < 4.78 is 11.2. The van der Waals surface area contributed by atoms with Crippen LogP contribution >= 0.6 is 11.6 Å². The molecule has 2 aromatic rings. The zero-order valence-electron chi connectivity index (χ0n) is 19.2. The SMILES string of the molecule is COc1ccc(Cl)cc1C(=O)N1CCC(C(=O)NC2CC(C)(C)Cc3oc(C)cc32)CC1. The van der Waals surface area contributed by atoms with Gasteiger partial charge in [-0.15, -0.1) is 0 Å². The van der Waals surface area contributed by atoms with E-state index in [1.807, 2.05) is 6.92 Å². The predicted molar refractivity (Wildman–Crippen MR) is 123 cm³/mol. The Hall–Kier alpha value is -2.47. The highest BCUT2D eigenvalue weighted by atomic mass is 35.5. The molecule has 1 fully saturated rings. The lowest BCUT2D eigenvalue weighted by Gasteiger charge is -2.36. The smallest absolute Gasteiger partial charge is 0.257 e. The van der Waals surface area contributed by atoms with Gasteiger partial charge in [-0.25, -0.2) is 0 Å². The van der Waals surface area contributed by atoms with Crippen molar-refractivity contribution < 1.29 is 18.7 Å². The molecule has 2 amide bonds. The van der Waals surface area contributed by atoms with Gasteiger partial charge in [0.1, 0.15) is 17.3 Å². The number of fused-ring (bicyclic) bond motifs is 1. The molecular formula is C25H31ClN2O4. The van der Waals surface area contributed by atoms with E-state index in [2.05, 4.69) is 25.2 Å². The summed E-state index contributed by atoms with van der Waals surface area (Å²) in [6.07, 6.45) is 3.04. The van der Waals surface area contributed by atoms with E-state index in [1.165, 1.54) is 7.11 Å². The fourth-order valence-electron chi connectivity index (χ4n) is 4.97. The highest BCUT2D eigenvalue weighted by Crippen LogP contribution is 2.42. The van der Waals surface area contributed by atoms with Crippen LogP contribution in [0.25, 0.3) is 0 Å². The van der Waals surface area contributed by atoms with Crippen LogP contribution in [-0.4, -0.2) is 36.9 Å². The first-order valence-electron chi connectivity index (χ1n) is 11.2. The van der Waals surface area contributed by atoms with Crippen molar-refractivity contribution in [3.63, 3.8) is 0 Å². The lowest BCUT2D eigenvalue weighted by atomic mass is 9.74. The number of halogens is 1. The van der Waals surface area contributed by atoms with E-state index in [9.17, 15) is 9.59 Å². The standard InChI is InChI=1S/C25H31ClN2O4/c1-15-11-18-20(13-25(2,3)14-22(18)32-15)27-23(29)16-7-9-28(10-8-16)24(30)19-12-17(26)5-6-21(19)31-4/h5-6,11-12,16,20H,7-10,13-14H2,1-4H3,(H,27,29). The van der Waals surface area contributed by atoms with E-state index in [1.54, 1.807) is 23.1 Å². The molecule has 0 saturated carbocycles. The van der Waals surface area contributed by atoms with Crippen molar-refractivity contribution in [2.45, 2.75) is 52.5 Å². The third kappa shape index (κ3) is 4.65. The number of nitrogens with zero attached hydrogens (tertiary/aromatic N) is 1. The Morgan fingerprint density at radius 1 is 1.22 bits per heavy atom. The summed E-state index contributed by atoms with van der Waals surface area (Å²) >= 11 is 6.09. The van der Waals surface area contributed by atoms with Gasteiger partial charge in [-0.05, 0) is 55.9 Å². The molecule has 1 aromatic carbocycles. The van der Waals surface area contributed by atoms with Crippen molar-refractivity contribution in [2.75, 3.05) is 20.2 Å². The summed E-state index contributed by atoms with van der Waals surface area (Å²) in [5.74, 6) is 2.21. The van der Waals surface area contributed by atoms with Crippen molar-refractivity contribution in [3.8, 4) is 5.75 Å². The van der Waals surface area contributed by atoms with Crippen LogP contribution in [0.5, 0.6) is 5.75 Å².